The van der Waals surface area contributed by atoms with Gasteiger partial charge in [0.15, 0.2) is 5.78 Å². The van der Waals surface area contributed by atoms with Gasteiger partial charge in [-0.25, -0.2) is 13.6 Å². The van der Waals surface area contributed by atoms with Gasteiger partial charge in [0.05, 0.1) is 11.3 Å². The Morgan fingerprint density at radius 3 is 2.09 bits per heavy atom. The third-order valence-electron chi connectivity index (χ3n) is 4.38. The molecule has 0 radical (unpaired) electrons. The summed E-state index contributed by atoms with van der Waals surface area (Å²) in [5.74, 6) is -2.27. The summed E-state index contributed by atoms with van der Waals surface area (Å²) in [4.78, 5) is 37.7. The average molecular weight is 452 g/mol. The standard InChI is InChI=1S/C25H22F2N2O4/c1-25(2,3)33-24(32)29-21-14-17(12-13-20(21)27)28-23(31)19-7-5-4-6-18(19)22(30)15-8-10-16(26)11-9-15/h4-14H,1-3H3,(H,28,31)(H,29,32). The van der Waals surface area contributed by atoms with E-state index in [1.165, 1.54) is 36.4 Å². The minimum atomic E-state index is -0.847. The quantitative estimate of drug-likeness (QED) is 0.480. The predicted octanol–water partition coefficient (Wildman–Crippen LogP) is 5.80. The van der Waals surface area contributed by atoms with E-state index in [0.717, 1.165) is 18.2 Å². The molecule has 2 N–H and O–H groups in total. The Balaban J connectivity index is 1.82. The first-order chi connectivity index (χ1) is 15.5. The highest BCUT2D eigenvalue weighted by molar-refractivity contribution is 6.17. The molecule has 0 bridgehead atoms. The first kappa shape index (κ1) is 23.6. The van der Waals surface area contributed by atoms with E-state index in [2.05, 4.69) is 10.6 Å². The summed E-state index contributed by atoms with van der Waals surface area (Å²) in [5.41, 5.74) is -0.335. The van der Waals surface area contributed by atoms with Crippen LogP contribution in [-0.4, -0.2) is 23.4 Å². The van der Waals surface area contributed by atoms with Crippen molar-refractivity contribution in [2.45, 2.75) is 26.4 Å². The van der Waals surface area contributed by atoms with Crippen LogP contribution in [0.25, 0.3) is 0 Å². The second-order valence-electron chi connectivity index (χ2n) is 8.16. The van der Waals surface area contributed by atoms with Crippen molar-refractivity contribution in [2.75, 3.05) is 10.6 Å². The van der Waals surface area contributed by atoms with Crippen molar-refractivity contribution in [3.05, 3.63) is 95.1 Å². The number of halogens is 2. The normalized spacial score (nSPS) is 10.9. The molecule has 0 atom stereocenters. The third-order valence-corrected chi connectivity index (χ3v) is 4.38. The van der Waals surface area contributed by atoms with Crippen LogP contribution in [0.3, 0.4) is 0 Å². The molecule has 0 saturated heterocycles. The van der Waals surface area contributed by atoms with Gasteiger partial charge in [-0.05, 0) is 69.3 Å². The van der Waals surface area contributed by atoms with E-state index in [4.69, 9.17) is 4.74 Å². The van der Waals surface area contributed by atoms with Crippen molar-refractivity contribution in [1.82, 2.24) is 0 Å². The summed E-state index contributed by atoms with van der Waals surface area (Å²) in [6.45, 7) is 5.01. The number of hydrogen-bond acceptors (Lipinski definition) is 4. The number of rotatable bonds is 5. The lowest BCUT2D eigenvalue weighted by Gasteiger charge is -2.20. The Morgan fingerprint density at radius 2 is 1.45 bits per heavy atom. The van der Waals surface area contributed by atoms with Crippen LogP contribution in [0.4, 0.5) is 25.0 Å². The van der Waals surface area contributed by atoms with Gasteiger partial charge in [0.1, 0.15) is 17.2 Å². The number of nitrogens with one attached hydrogen (secondary N) is 2. The molecule has 0 aromatic heterocycles. The molecule has 2 amide bonds. The topological polar surface area (TPSA) is 84.5 Å². The number of amides is 2. The number of carbonyl (C=O) groups excluding carboxylic acids is 3. The summed E-state index contributed by atoms with van der Waals surface area (Å²) in [6.07, 6.45) is -0.847. The molecular formula is C25H22F2N2O4. The third kappa shape index (κ3) is 6.22. The van der Waals surface area contributed by atoms with E-state index in [1.54, 1.807) is 32.9 Å². The summed E-state index contributed by atoms with van der Waals surface area (Å²) in [7, 11) is 0. The zero-order chi connectivity index (χ0) is 24.2. The predicted molar refractivity (Wildman–Crippen MR) is 120 cm³/mol. The number of hydrogen-bond donors (Lipinski definition) is 2. The fourth-order valence-corrected chi connectivity index (χ4v) is 2.95. The smallest absolute Gasteiger partial charge is 0.412 e. The Kier molecular flexibility index (Phi) is 6.86. The second kappa shape index (κ2) is 9.60. The van der Waals surface area contributed by atoms with Crippen LogP contribution in [0.2, 0.25) is 0 Å². The summed E-state index contributed by atoms with van der Waals surface area (Å²) >= 11 is 0. The Labute approximate surface area is 189 Å². The number of anilines is 2. The monoisotopic (exact) mass is 452 g/mol. The van der Waals surface area contributed by atoms with Gasteiger partial charge in [-0.3, -0.25) is 14.9 Å². The minimum absolute atomic E-state index is 0.0813. The summed E-state index contributed by atoms with van der Waals surface area (Å²) < 4.78 is 32.5. The first-order valence-electron chi connectivity index (χ1n) is 10.0. The molecule has 0 aliphatic rings. The number of ether oxygens (including phenoxy) is 1. The summed E-state index contributed by atoms with van der Waals surface area (Å²) in [5, 5.41) is 4.90. The maximum absolute atomic E-state index is 14.2. The Morgan fingerprint density at radius 1 is 0.818 bits per heavy atom. The molecule has 170 valence electrons. The highest BCUT2D eigenvalue weighted by Crippen LogP contribution is 2.23. The Bertz CT molecular complexity index is 1200. The fraction of sp³-hybridized carbons (Fsp3) is 0.160. The molecule has 8 heteroatoms. The average Bonchev–Trinajstić information content (AvgIpc) is 2.75. The van der Waals surface area contributed by atoms with Crippen LogP contribution in [0.15, 0.2) is 66.7 Å². The number of benzene rings is 3. The molecule has 0 saturated carbocycles. The van der Waals surface area contributed by atoms with Crippen molar-refractivity contribution in [3.63, 3.8) is 0 Å². The molecule has 0 fully saturated rings. The van der Waals surface area contributed by atoms with Crippen LogP contribution in [0.5, 0.6) is 0 Å². The molecule has 6 nitrogen and oxygen atoms in total. The van der Waals surface area contributed by atoms with Crippen LogP contribution < -0.4 is 10.6 Å². The van der Waals surface area contributed by atoms with E-state index < -0.39 is 35.0 Å². The molecule has 0 spiro atoms. The van der Waals surface area contributed by atoms with Crippen LogP contribution in [0, 0.1) is 11.6 Å². The molecule has 0 aliphatic carbocycles. The van der Waals surface area contributed by atoms with Crippen molar-refractivity contribution >= 4 is 29.2 Å². The lowest BCUT2D eigenvalue weighted by atomic mass is 9.98. The van der Waals surface area contributed by atoms with E-state index >= 15 is 0 Å². The van der Waals surface area contributed by atoms with E-state index in [0.29, 0.717) is 0 Å². The molecule has 0 aliphatic heterocycles. The molecule has 0 heterocycles. The van der Waals surface area contributed by atoms with Crippen molar-refractivity contribution < 1.29 is 27.9 Å². The number of ketones is 1. The lowest BCUT2D eigenvalue weighted by molar-refractivity contribution is 0.0635. The highest BCUT2D eigenvalue weighted by atomic mass is 19.1. The van der Waals surface area contributed by atoms with Crippen molar-refractivity contribution in [1.29, 1.82) is 0 Å². The molecule has 0 unspecified atom stereocenters. The zero-order valence-corrected chi connectivity index (χ0v) is 18.2. The van der Waals surface area contributed by atoms with Gasteiger partial charge >= 0.3 is 6.09 Å². The van der Waals surface area contributed by atoms with Gasteiger partial charge in [-0.1, -0.05) is 18.2 Å². The largest absolute Gasteiger partial charge is 0.444 e. The van der Waals surface area contributed by atoms with E-state index in [1.807, 2.05) is 0 Å². The number of carbonyl (C=O) groups is 3. The first-order valence-corrected chi connectivity index (χ1v) is 10.0. The van der Waals surface area contributed by atoms with E-state index in [9.17, 15) is 23.2 Å². The molecule has 3 aromatic carbocycles. The van der Waals surface area contributed by atoms with Crippen molar-refractivity contribution in [2.24, 2.45) is 0 Å². The maximum atomic E-state index is 14.2. The molecule has 3 rings (SSSR count). The van der Waals surface area contributed by atoms with E-state index in [-0.39, 0.29) is 28.1 Å². The SMILES string of the molecule is CC(C)(C)OC(=O)Nc1cc(NC(=O)c2ccccc2C(=O)c2ccc(F)cc2)ccc1F. The fourth-order valence-electron chi connectivity index (χ4n) is 2.95. The van der Waals surface area contributed by atoms with Crippen LogP contribution >= 0.6 is 0 Å². The molecular weight excluding hydrogens is 430 g/mol. The minimum Gasteiger partial charge on any atom is -0.444 e. The van der Waals surface area contributed by atoms with Gasteiger partial charge in [0, 0.05) is 16.8 Å². The van der Waals surface area contributed by atoms with Gasteiger partial charge in [-0.2, -0.15) is 0 Å². The van der Waals surface area contributed by atoms with Gasteiger partial charge in [-0.15, -0.1) is 0 Å². The second-order valence-corrected chi connectivity index (χ2v) is 8.16. The Hall–Kier alpha value is -4.07. The van der Waals surface area contributed by atoms with Gasteiger partial charge in [0.25, 0.3) is 5.91 Å². The van der Waals surface area contributed by atoms with Gasteiger partial charge in [0.2, 0.25) is 0 Å². The van der Waals surface area contributed by atoms with Crippen LogP contribution in [0.1, 0.15) is 47.1 Å². The van der Waals surface area contributed by atoms with Gasteiger partial charge < -0.3 is 10.1 Å². The molecule has 33 heavy (non-hydrogen) atoms. The van der Waals surface area contributed by atoms with Crippen LogP contribution in [-0.2, 0) is 4.74 Å². The van der Waals surface area contributed by atoms with Crippen molar-refractivity contribution in [3.8, 4) is 0 Å². The highest BCUT2D eigenvalue weighted by Gasteiger charge is 2.20. The maximum Gasteiger partial charge on any atom is 0.412 e. The zero-order valence-electron chi connectivity index (χ0n) is 18.2. The summed E-state index contributed by atoms with van der Waals surface area (Å²) in [6, 6.07) is 14.8. The molecule has 3 aromatic rings. The lowest BCUT2D eigenvalue weighted by Crippen LogP contribution is -2.27.